The normalized spacial score (nSPS) is 33.0. The van der Waals surface area contributed by atoms with Crippen LogP contribution in [0.3, 0.4) is 0 Å². The zero-order chi connectivity index (χ0) is 15.5. The molecule has 2 saturated carbocycles. The first-order valence-electron chi connectivity index (χ1n) is 8.23. The predicted octanol–water partition coefficient (Wildman–Crippen LogP) is 2.19. The highest BCUT2D eigenvalue weighted by molar-refractivity contribution is 5.92. The van der Waals surface area contributed by atoms with Crippen molar-refractivity contribution in [2.24, 2.45) is 11.7 Å². The highest BCUT2D eigenvalue weighted by Gasteiger charge is 2.45. The molecule has 2 rings (SSSR count). The Bertz CT molecular complexity index is 402. The second-order valence-corrected chi connectivity index (χ2v) is 7.11. The lowest BCUT2D eigenvalue weighted by Crippen LogP contribution is -2.64. The highest BCUT2D eigenvalue weighted by atomic mass is 16.4. The number of carbonyl (C=O) groups excluding carboxylic acids is 1. The fourth-order valence-electron chi connectivity index (χ4n) is 3.86. The standard InChI is InChI=1S/C16H28N2O3/c1-12-7-6-8-15(17,11-12)13(19)18-16(14(20)21)9-4-2-3-5-10-16/h12H,2-11,17H2,1H3,(H,18,19)(H,20,21). The maximum Gasteiger partial charge on any atom is 0.329 e. The minimum Gasteiger partial charge on any atom is -0.480 e. The van der Waals surface area contributed by atoms with E-state index in [1.807, 2.05) is 0 Å². The van der Waals surface area contributed by atoms with E-state index in [4.69, 9.17) is 5.73 Å². The second kappa shape index (κ2) is 6.34. The summed E-state index contributed by atoms with van der Waals surface area (Å²) in [5.41, 5.74) is 4.30. The zero-order valence-corrected chi connectivity index (χ0v) is 13.0. The minimum atomic E-state index is -1.11. The number of aliphatic carboxylic acids is 1. The molecule has 0 aromatic rings. The van der Waals surface area contributed by atoms with E-state index in [1.165, 1.54) is 0 Å². The Hall–Kier alpha value is -1.10. The Labute approximate surface area is 126 Å². The van der Waals surface area contributed by atoms with E-state index in [0.717, 1.165) is 38.5 Å². The molecular weight excluding hydrogens is 268 g/mol. The van der Waals surface area contributed by atoms with Gasteiger partial charge in [-0.05, 0) is 31.6 Å². The molecule has 2 fully saturated rings. The van der Waals surface area contributed by atoms with Gasteiger partial charge < -0.3 is 16.2 Å². The number of rotatable bonds is 3. The van der Waals surface area contributed by atoms with Crippen LogP contribution >= 0.6 is 0 Å². The van der Waals surface area contributed by atoms with Crippen molar-refractivity contribution < 1.29 is 14.7 Å². The molecule has 120 valence electrons. The number of hydrogen-bond donors (Lipinski definition) is 3. The van der Waals surface area contributed by atoms with Crippen LogP contribution in [0, 0.1) is 5.92 Å². The third-order valence-corrected chi connectivity index (χ3v) is 5.20. The molecule has 0 spiro atoms. The van der Waals surface area contributed by atoms with Crippen LogP contribution in [0.25, 0.3) is 0 Å². The number of carbonyl (C=O) groups is 2. The maximum atomic E-state index is 12.7. The van der Waals surface area contributed by atoms with Gasteiger partial charge in [0.25, 0.3) is 0 Å². The molecule has 0 aromatic carbocycles. The molecule has 1 amide bonds. The van der Waals surface area contributed by atoms with Crippen molar-refractivity contribution in [1.82, 2.24) is 5.32 Å². The van der Waals surface area contributed by atoms with Crippen LogP contribution in [-0.2, 0) is 9.59 Å². The van der Waals surface area contributed by atoms with Crippen LogP contribution in [0.2, 0.25) is 0 Å². The summed E-state index contributed by atoms with van der Waals surface area (Å²) in [6, 6.07) is 0. The SMILES string of the molecule is CC1CCCC(N)(C(=O)NC2(C(=O)O)CCCCCC2)C1. The van der Waals surface area contributed by atoms with Crippen LogP contribution in [0.1, 0.15) is 71.1 Å². The summed E-state index contributed by atoms with van der Waals surface area (Å²) in [4.78, 5) is 24.4. The molecule has 0 heterocycles. The Morgan fingerprint density at radius 1 is 1.10 bits per heavy atom. The summed E-state index contributed by atoms with van der Waals surface area (Å²) in [6.45, 7) is 2.10. The number of hydrogen-bond acceptors (Lipinski definition) is 3. The number of nitrogens with two attached hydrogens (primary N) is 1. The molecule has 0 aromatic heterocycles. The average molecular weight is 296 g/mol. The van der Waals surface area contributed by atoms with Crippen LogP contribution in [0.4, 0.5) is 0 Å². The van der Waals surface area contributed by atoms with Crippen LogP contribution in [-0.4, -0.2) is 28.1 Å². The van der Waals surface area contributed by atoms with Crippen LogP contribution in [0.15, 0.2) is 0 Å². The van der Waals surface area contributed by atoms with Crippen molar-refractivity contribution >= 4 is 11.9 Å². The largest absolute Gasteiger partial charge is 0.480 e. The van der Waals surface area contributed by atoms with Crippen LogP contribution in [0.5, 0.6) is 0 Å². The van der Waals surface area contributed by atoms with Gasteiger partial charge in [-0.1, -0.05) is 45.4 Å². The summed E-state index contributed by atoms with van der Waals surface area (Å²) in [7, 11) is 0. The quantitative estimate of drug-likeness (QED) is 0.696. The first kappa shape index (κ1) is 16.3. The number of amides is 1. The second-order valence-electron chi connectivity index (χ2n) is 7.11. The lowest BCUT2D eigenvalue weighted by atomic mass is 9.75. The van der Waals surface area contributed by atoms with Gasteiger partial charge in [-0.2, -0.15) is 0 Å². The fourth-order valence-corrected chi connectivity index (χ4v) is 3.86. The maximum absolute atomic E-state index is 12.7. The number of nitrogens with one attached hydrogen (secondary N) is 1. The molecule has 5 heteroatoms. The Morgan fingerprint density at radius 3 is 2.24 bits per heavy atom. The molecular formula is C16H28N2O3. The van der Waals surface area contributed by atoms with E-state index in [9.17, 15) is 14.7 Å². The van der Waals surface area contributed by atoms with Gasteiger partial charge in [-0.25, -0.2) is 4.79 Å². The zero-order valence-electron chi connectivity index (χ0n) is 13.0. The summed E-state index contributed by atoms with van der Waals surface area (Å²) in [5, 5.41) is 12.5. The number of carboxylic acid groups (broad SMARTS) is 1. The van der Waals surface area contributed by atoms with E-state index in [2.05, 4.69) is 12.2 Å². The molecule has 0 saturated heterocycles. The summed E-state index contributed by atoms with van der Waals surface area (Å²) in [6.07, 6.45) is 8.13. The fraction of sp³-hybridized carbons (Fsp3) is 0.875. The first-order chi connectivity index (χ1) is 9.88. The van der Waals surface area contributed by atoms with Crippen molar-refractivity contribution in [2.45, 2.75) is 82.2 Å². The van der Waals surface area contributed by atoms with E-state index >= 15 is 0 Å². The molecule has 2 aliphatic carbocycles. The van der Waals surface area contributed by atoms with E-state index in [0.29, 0.717) is 31.6 Å². The van der Waals surface area contributed by atoms with Gasteiger partial charge in [0.05, 0.1) is 5.54 Å². The monoisotopic (exact) mass is 296 g/mol. The molecule has 2 aliphatic rings. The van der Waals surface area contributed by atoms with Gasteiger partial charge in [0, 0.05) is 0 Å². The molecule has 0 aliphatic heterocycles. The van der Waals surface area contributed by atoms with Gasteiger partial charge in [0.2, 0.25) is 5.91 Å². The summed E-state index contributed by atoms with van der Waals surface area (Å²) >= 11 is 0. The van der Waals surface area contributed by atoms with E-state index in [1.54, 1.807) is 0 Å². The van der Waals surface area contributed by atoms with Crippen molar-refractivity contribution in [3.8, 4) is 0 Å². The topological polar surface area (TPSA) is 92.4 Å². The highest BCUT2D eigenvalue weighted by Crippen LogP contribution is 2.33. The molecule has 4 N–H and O–H groups in total. The third-order valence-electron chi connectivity index (χ3n) is 5.20. The molecule has 0 bridgehead atoms. The van der Waals surface area contributed by atoms with Crippen molar-refractivity contribution in [3.63, 3.8) is 0 Å². The van der Waals surface area contributed by atoms with E-state index < -0.39 is 17.0 Å². The Kier molecular flexibility index (Phi) is 4.91. The molecule has 5 nitrogen and oxygen atoms in total. The lowest BCUT2D eigenvalue weighted by Gasteiger charge is -2.39. The van der Waals surface area contributed by atoms with Gasteiger partial charge in [-0.15, -0.1) is 0 Å². The Balaban J connectivity index is 2.12. The molecule has 2 atom stereocenters. The van der Waals surface area contributed by atoms with Crippen molar-refractivity contribution in [2.75, 3.05) is 0 Å². The van der Waals surface area contributed by atoms with Crippen molar-refractivity contribution in [1.29, 1.82) is 0 Å². The predicted molar refractivity (Wildman–Crippen MR) is 80.8 cm³/mol. The Morgan fingerprint density at radius 2 is 1.71 bits per heavy atom. The van der Waals surface area contributed by atoms with Gasteiger partial charge in [0.15, 0.2) is 0 Å². The molecule has 2 unspecified atom stereocenters. The first-order valence-corrected chi connectivity index (χ1v) is 8.23. The van der Waals surface area contributed by atoms with Crippen molar-refractivity contribution in [3.05, 3.63) is 0 Å². The molecule has 21 heavy (non-hydrogen) atoms. The van der Waals surface area contributed by atoms with Gasteiger partial charge >= 0.3 is 5.97 Å². The minimum absolute atomic E-state index is 0.265. The third kappa shape index (κ3) is 3.57. The molecule has 0 radical (unpaired) electrons. The van der Waals surface area contributed by atoms with Gasteiger partial charge in [0.1, 0.15) is 5.54 Å². The summed E-state index contributed by atoms with van der Waals surface area (Å²) in [5.74, 6) is -0.757. The summed E-state index contributed by atoms with van der Waals surface area (Å²) < 4.78 is 0. The number of carboxylic acids is 1. The van der Waals surface area contributed by atoms with Crippen LogP contribution < -0.4 is 11.1 Å². The van der Waals surface area contributed by atoms with E-state index in [-0.39, 0.29) is 5.91 Å². The smallest absolute Gasteiger partial charge is 0.329 e. The van der Waals surface area contributed by atoms with Gasteiger partial charge in [-0.3, -0.25) is 4.79 Å². The average Bonchev–Trinajstić information content (AvgIpc) is 2.65. The lowest BCUT2D eigenvalue weighted by molar-refractivity contribution is -0.149.